The van der Waals surface area contributed by atoms with E-state index in [1.807, 2.05) is 81.4 Å². The molecule has 0 radical (unpaired) electrons. The van der Waals surface area contributed by atoms with Crippen LogP contribution in [-0.2, 0) is 9.59 Å². The number of nitrogens with zero attached hydrogens (tertiary/aromatic N) is 2. The van der Waals surface area contributed by atoms with Gasteiger partial charge in [-0.2, -0.15) is 5.10 Å². The Balaban J connectivity index is 1.81. The normalized spacial score (nSPS) is 16.2. The van der Waals surface area contributed by atoms with E-state index in [-0.39, 0.29) is 0 Å². The van der Waals surface area contributed by atoms with Crippen LogP contribution in [0.1, 0.15) is 46.7 Å². The second-order valence-corrected chi connectivity index (χ2v) is 9.30. The molecule has 7 heteroatoms. The van der Waals surface area contributed by atoms with Crippen LogP contribution >= 0.6 is 11.6 Å². The molecule has 35 heavy (non-hydrogen) atoms. The van der Waals surface area contributed by atoms with Gasteiger partial charge in [-0.3, -0.25) is 9.59 Å². The summed E-state index contributed by atoms with van der Waals surface area (Å²) >= 11 is 6.11. The van der Waals surface area contributed by atoms with Crippen LogP contribution in [0.2, 0.25) is 5.02 Å². The van der Waals surface area contributed by atoms with Crippen molar-refractivity contribution < 1.29 is 19.1 Å². The summed E-state index contributed by atoms with van der Waals surface area (Å²) in [6.07, 6.45) is -2.71. The molecule has 1 amide bonds. The van der Waals surface area contributed by atoms with Gasteiger partial charge in [-0.15, -0.1) is 0 Å². The molecule has 0 saturated carbocycles. The molecule has 1 aliphatic rings. The maximum absolute atomic E-state index is 14.6. The number of hydrazone groups is 1. The molecule has 1 N–H and O–H groups in total. The van der Waals surface area contributed by atoms with E-state index >= 15 is 0 Å². The van der Waals surface area contributed by atoms with Gasteiger partial charge in [0, 0.05) is 17.0 Å². The Labute approximate surface area is 208 Å². The predicted octanol–water partition coefficient (Wildman–Crippen LogP) is 6.42. The first-order chi connectivity index (χ1) is 16.7. The van der Waals surface area contributed by atoms with E-state index < -0.39 is 30.5 Å². The fourth-order valence-electron chi connectivity index (χ4n) is 4.35. The number of rotatable bonds is 6. The van der Waals surface area contributed by atoms with Crippen LogP contribution in [0, 0.1) is 20.8 Å². The number of aryl methyl sites for hydroxylation is 2. The van der Waals surface area contributed by atoms with Gasteiger partial charge < -0.3 is 5.11 Å². The third-order valence-corrected chi connectivity index (χ3v) is 6.65. The summed E-state index contributed by atoms with van der Waals surface area (Å²) in [5, 5.41) is 15.3. The van der Waals surface area contributed by atoms with Gasteiger partial charge in [-0.25, -0.2) is 9.40 Å². The van der Waals surface area contributed by atoms with Gasteiger partial charge in [0.1, 0.15) is 0 Å². The van der Waals surface area contributed by atoms with Gasteiger partial charge in [0.05, 0.1) is 18.2 Å². The SMILES string of the molecule is Cc1ccc(C2CC(c3ccc(C)c(C)c3-c3ccc(Cl)cc3)=NN2C(=O)C(F)CC(=O)O)cc1. The number of halogens is 2. The van der Waals surface area contributed by atoms with E-state index in [2.05, 4.69) is 5.10 Å². The second-order valence-electron chi connectivity index (χ2n) is 8.86. The first-order valence-electron chi connectivity index (χ1n) is 11.3. The van der Waals surface area contributed by atoms with Crippen LogP contribution in [-0.4, -0.2) is 33.9 Å². The number of aliphatic carboxylic acids is 1. The van der Waals surface area contributed by atoms with E-state index in [9.17, 15) is 14.0 Å². The molecule has 2 atom stereocenters. The number of hydrogen-bond donors (Lipinski definition) is 1. The summed E-state index contributed by atoms with van der Waals surface area (Å²) in [6.45, 7) is 6.02. The molecule has 1 heterocycles. The molecule has 0 aliphatic carbocycles. The third-order valence-electron chi connectivity index (χ3n) is 6.40. The van der Waals surface area contributed by atoms with Crippen molar-refractivity contribution in [2.75, 3.05) is 0 Å². The number of benzene rings is 3. The Morgan fingerprint density at radius 2 is 1.71 bits per heavy atom. The van der Waals surface area contributed by atoms with E-state index in [1.54, 1.807) is 0 Å². The standard InChI is InChI=1S/C28H26ClFN2O3/c1-16-4-7-19(8-5-16)25-15-24(31-32(25)28(35)23(30)14-26(33)34)22-13-6-17(2)18(3)27(22)20-9-11-21(29)12-10-20/h4-13,23,25H,14-15H2,1-3H3,(H,33,34). The molecule has 5 nitrogen and oxygen atoms in total. The summed E-state index contributed by atoms with van der Waals surface area (Å²) in [7, 11) is 0. The van der Waals surface area contributed by atoms with E-state index in [4.69, 9.17) is 16.7 Å². The Morgan fingerprint density at radius 3 is 2.34 bits per heavy atom. The summed E-state index contributed by atoms with van der Waals surface area (Å²) in [5.74, 6) is -2.33. The van der Waals surface area contributed by atoms with Crippen molar-refractivity contribution in [3.05, 3.63) is 93.5 Å². The minimum Gasteiger partial charge on any atom is -0.481 e. The van der Waals surface area contributed by atoms with E-state index in [0.29, 0.717) is 17.2 Å². The minimum atomic E-state index is -2.18. The highest BCUT2D eigenvalue weighted by Crippen LogP contribution is 2.38. The maximum Gasteiger partial charge on any atom is 0.306 e. The Bertz CT molecular complexity index is 1300. The molecule has 0 aromatic heterocycles. The topological polar surface area (TPSA) is 70.0 Å². The molecular weight excluding hydrogens is 467 g/mol. The van der Waals surface area contributed by atoms with Gasteiger partial charge in [0.25, 0.3) is 5.91 Å². The lowest BCUT2D eigenvalue weighted by Crippen LogP contribution is -2.35. The predicted molar refractivity (Wildman–Crippen MR) is 135 cm³/mol. The van der Waals surface area contributed by atoms with E-state index in [0.717, 1.165) is 44.0 Å². The maximum atomic E-state index is 14.6. The number of alkyl halides is 1. The third kappa shape index (κ3) is 5.13. The lowest BCUT2D eigenvalue weighted by Gasteiger charge is -2.23. The first kappa shape index (κ1) is 24.6. The minimum absolute atomic E-state index is 0.373. The average molecular weight is 493 g/mol. The molecule has 2 unspecified atom stereocenters. The zero-order chi connectivity index (χ0) is 25.3. The molecule has 180 valence electrons. The van der Waals surface area contributed by atoms with Crippen LogP contribution in [0.25, 0.3) is 11.1 Å². The number of carboxylic acid groups (broad SMARTS) is 1. The zero-order valence-electron chi connectivity index (χ0n) is 19.8. The van der Waals surface area contributed by atoms with Crippen molar-refractivity contribution in [1.29, 1.82) is 0 Å². The van der Waals surface area contributed by atoms with Crippen molar-refractivity contribution in [3.8, 4) is 11.1 Å². The molecule has 4 rings (SSSR count). The number of carbonyl (C=O) groups is 2. The number of amides is 1. The fraction of sp³-hybridized carbons (Fsp3) is 0.250. The van der Waals surface area contributed by atoms with Crippen molar-refractivity contribution >= 4 is 29.2 Å². The largest absolute Gasteiger partial charge is 0.481 e. The van der Waals surface area contributed by atoms with Crippen LogP contribution in [0.15, 0.2) is 65.8 Å². The van der Waals surface area contributed by atoms with Gasteiger partial charge in [-0.05, 0) is 60.7 Å². The smallest absolute Gasteiger partial charge is 0.306 e. The van der Waals surface area contributed by atoms with Crippen LogP contribution < -0.4 is 0 Å². The summed E-state index contributed by atoms with van der Waals surface area (Å²) < 4.78 is 14.6. The highest BCUT2D eigenvalue weighted by Gasteiger charge is 2.38. The van der Waals surface area contributed by atoms with E-state index in [1.165, 1.54) is 0 Å². The van der Waals surface area contributed by atoms with Crippen LogP contribution in [0.3, 0.4) is 0 Å². The number of hydrogen-bond acceptors (Lipinski definition) is 3. The quantitative estimate of drug-likeness (QED) is 0.431. The average Bonchev–Trinajstić information content (AvgIpc) is 3.26. The molecule has 1 aliphatic heterocycles. The molecule has 3 aromatic rings. The van der Waals surface area contributed by atoms with Crippen molar-refractivity contribution in [2.24, 2.45) is 5.10 Å². The highest BCUT2D eigenvalue weighted by atomic mass is 35.5. The number of carbonyl (C=O) groups excluding carboxylic acids is 1. The van der Waals surface area contributed by atoms with Gasteiger partial charge in [0.2, 0.25) is 0 Å². The van der Waals surface area contributed by atoms with Gasteiger partial charge >= 0.3 is 5.97 Å². The Morgan fingerprint density at radius 1 is 1.06 bits per heavy atom. The lowest BCUT2D eigenvalue weighted by atomic mass is 9.88. The zero-order valence-corrected chi connectivity index (χ0v) is 20.5. The Kier molecular flexibility index (Phi) is 7.03. The molecular formula is C28H26ClFN2O3. The molecule has 3 aromatic carbocycles. The summed E-state index contributed by atoms with van der Waals surface area (Å²) in [6, 6.07) is 18.6. The lowest BCUT2D eigenvalue weighted by molar-refractivity contribution is -0.146. The van der Waals surface area contributed by atoms with Crippen LogP contribution in [0.5, 0.6) is 0 Å². The van der Waals surface area contributed by atoms with Crippen LogP contribution in [0.4, 0.5) is 4.39 Å². The number of carboxylic acids is 1. The first-order valence-corrected chi connectivity index (χ1v) is 11.7. The fourth-order valence-corrected chi connectivity index (χ4v) is 4.48. The van der Waals surface area contributed by atoms with Crippen molar-refractivity contribution in [2.45, 2.75) is 45.8 Å². The highest BCUT2D eigenvalue weighted by molar-refractivity contribution is 6.30. The summed E-state index contributed by atoms with van der Waals surface area (Å²) in [4.78, 5) is 24.0. The molecule has 0 spiro atoms. The van der Waals surface area contributed by atoms with Gasteiger partial charge in [0.15, 0.2) is 6.17 Å². The van der Waals surface area contributed by atoms with Crippen molar-refractivity contribution in [3.63, 3.8) is 0 Å². The Hall–Kier alpha value is -3.51. The molecule has 0 saturated heterocycles. The summed E-state index contributed by atoms with van der Waals surface area (Å²) in [5.41, 5.74) is 7.44. The monoisotopic (exact) mass is 492 g/mol. The van der Waals surface area contributed by atoms with Crippen molar-refractivity contribution in [1.82, 2.24) is 5.01 Å². The second kappa shape index (κ2) is 10.0. The molecule has 0 bridgehead atoms. The molecule has 0 fully saturated rings. The van der Waals surface area contributed by atoms with Gasteiger partial charge in [-0.1, -0.05) is 65.7 Å².